The molecule has 4 amide bonds. The molecule has 6 N–H and O–H groups in total. The number of phenols is 1. The molecule has 18 heteroatoms. The van der Waals surface area contributed by atoms with Gasteiger partial charge in [0, 0.05) is 101 Å². The van der Waals surface area contributed by atoms with E-state index < -0.39 is 23.6 Å². The number of nitrogens with zero attached hydrogens (tertiary/aromatic N) is 8. The van der Waals surface area contributed by atoms with Crippen molar-refractivity contribution in [2.75, 3.05) is 61.3 Å². The number of β-amino-alcohol motifs (C(OH)–C–C–N with tert-alkyl or cyclic N) is 1. The van der Waals surface area contributed by atoms with E-state index in [0.29, 0.717) is 55.1 Å². The molecule has 4 aliphatic rings. The van der Waals surface area contributed by atoms with Crippen LogP contribution in [0.2, 0.25) is 0 Å². The summed E-state index contributed by atoms with van der Waals surface area (Å²) in [6, 6.07) is 24.9. The second-order valence-corrected chi connectivity index (χ2v) is 23.1. The number of aliphatic hydroxyl groups excluding tert-OH is 1. The van der Waals surface area contributed by atoms with Gasteiger partial charge in [0.1, 0.15) is 17.8 Å². The first-order chi connectivity index (χ1) is 36.6. The van der Waals surface area contributed by atoms with Crippen LogP contribution in [0.3, 0.4) is 0 Å². The Balaban J connectivity index is 0.661. The Labute approximate surface area is 450 Å². The quantitative estimate of drug-likeness (QED) is 0.0533. The zero-order valence-electron chi connectivity index (χ0n) is 44.5. The third-order valence-corrected chi connectivity index (χ3v) is 16.6. The standard InChI is InChI=1S/C58H75N11O6S/c1-38-53(76-37-61-38)41-21-19-39(20-22-41)32-60-56(74)49-30-45(70)36-68(49)57(75)54(58(2,3)4)62-51(72)17-8-6-5-7-9-18-52(73)66-27-25-65(26-28-66)33-40-13-12-14-42(29-40)69-43-23-24-44(69)35-67(34-43)48-31-47(63-64-55(48)59)46-15-10-11-16-50(46)71/h10-16,19-22,29,31,37,43-45,49,54,70-71H,5-9,17-18,23-28,30,32-36H2,1-4H3,(H2,59,64)(H,60,74)(H,62,72)/t43?,44?,45-,49+,54?/m1/s1. The zero-order chi connectivity index (χ0) is 53.5. The van der Waals surface area contributed by atoms with Crippen LogP contribution in [-0.4, -0.2) is 140 Å². The van der Waals surface area contributed by atoms with Gasteiger partial charge < -0.3 is 46.2 Å². The third kappa shape index (κ3) is 13.0. The Morgan fingerprint density at radius 2 is 1.54 bits per heavy atom. The highest BCUT2D eigenvalue weighted by molar-refractivity contribution is 7.13. The van der Waals surface area contributed by atoms with Gasteiger partial charge in [-0.15, -0.1) is 21.5 Å². The largest absolute Gasteiger partial charge is 0.507 e. The summed E-state index contributed by atoms with van der Waals surface area (Å²) in [6.45, 7) is 13.5. The fourth-order valence-corrected chi connectivity index (χ4v) is 12.3. The number of benzene rings is 3. The van der Waals surface area contributed by atoms with Gasteiger partial charge in [-0.3, -0.25) is 24.1 Å². The van der Waals surface area contributed by atoms with E-state index in [0.717, 1.165) is 98.6 Å². The van der Waals surface area contributed by atoms with Crippen molar-refractivity contribution >= 4 is 52.2 Å². The number of nitrogen functional groups attached to an aromatic ring is 1. The minimum Gasteiger partial charge on any atom is -0.507 e. The fraction of sp³-hybridized carbons (Fsp3) is 0.500. The van der Waals surface area contributed by atoms with Crippen molar-refractivity contribution in [3.05, 3.63) is 101 Å². The van der Waals surface area contributed by atoms with Crippen molar-refractivity contribution in [3.8, 4) is 27.4 Å². The second kappa shape index (κ2) is 24.1. The first-order valence-corrected chi connectivity index (χ1v) is 28.1. The normalized spacial score (nSPS) is 20.2. The smallest absolute Gasteiger partial charge is 0.246 e. The molecule has 2 bridgehead atoms. The van der Waals surface area contributed by atoms with Crippen molar-refractivity contribution in [3.63, 3.8) is 0 Å². The van der Waals surface area contributed by atoms with E-state index in [4.69, 9.17) is 5.73 Å². The van der Waals surface area contributed by atoms with Gasteiger partial charge in [-0.1, -0.05) is 88.6 Å². The minimum absolute atomic E-state index is 0.0221. The third-order valence-electron chi connectivity index (χ3n) is 15.6. The monoisotopic (exact) mass is 1050 g/mol. The van der Waals surface area contributed by atoms with Crippen molar-refractivity contribution in [1.29, 1.82) is 0 Å². The van der Waals surface area contributed by atoms with Crippen LogP contribution < -0.4 is 26.2 Å². The number of carbonyl (C=O) groups excluding carboxylic acids is 4. The molecule has 17 nitrogen and oxygen atoms in total. The first-order valence-electron chi connectivity index (χ1n) is 27.2. The number of piperazine rings is 2. The zero-order valence-corrected chi connectivity index (χ0v) is 45.3. The maximum absolute atomic E-state index is 14.1. The highest BCUT2D eigenvalue weighted by Crippen LogP contribution is 2.39. The predicted molar refractivity (Wildman–Crippen MR) is 297 cm³/mol. The number of aromatic nitrogens is 3. The highest BCUT2D eigenvalue weighted by Gasteiger charge is 2.45. The molecule has 9 rings (SSSR count). The molecule has 404 valence electrons. The molecule has 0 aliphatic carbocycles. The number of para-hydroxylation sites is 1. The van der Waals surface area contributed by atoms with Crippen molar-refractivity contribution in [2.24, 2.45) is 5.41 Å². The van der Waals surface area contributed by atoms with E-state index in [1.54, 1.807) is 23.5 Å². The van der Waals surface area contributed by atoms with E-state index in [1.165, 1.54) is 16.2 Å². The number of anilines is 3. The van der Waals surface area contributed by atoms with Crippen LogP contribution in [0.1, 0.15) is 102 Å². The lowest BCUT2D eigenvalue weighted by molar-refractivity contribution is -0.144. The minimum atomic E-state index is -0.872. The Kier molecular flexibility index (Phi) is 17.2. The van der Waals surface area contributed by atoms with Gasteiger partial charge in [0.15, 0.2) is 5.82 Å². The number of fused-ring (bicyclic) bond motifs is 2. The molecule has 3 aromatic carbocycles. The Morgan fingerprint density at radius 1 is 0.829 bits per heavy atom. The SMILES string of the molecule is Cc1ncsc1-c1ccc(CNC(=O)[C@@H]2C[C@@H](O)CN2C(=O)C(NC(=O)CCCCCCCC(=O)N2CCN(Cc3cccc(N4C5CCC4CN(c4cc(-c6ccccc6O)nnc4N)C5)c3)CC2)C(C)(C)C)cc1. The van der Waals surface area contributed by atoms with Crippen LogP contribution in [0.25, 0.3) is 21.7 Å². The number of thiazole rings is 1. The second-order valence-electron chi connectivity index (χ2n) is 22.3. The molecule has 0 radical (unpaired) electrons. The number of aliphatic hydroxyl groups is 1. The molecule has 0 saturated carbocycles. The van der Waals surface area contributed by atoms with Crippen LogP contribution >= 0.6 is 11.3 Å². The summed E-state index contributed by atoms with van der Waals surface area (Å²) in [6.07, 6.45) is 6.37. The summed E-state index contributed by atoms with van der Waals surface area (Å²) in [7, 11) is 0. The fourth-order valence-electron chi connectivity index (χ4n) is 11.5. The van der Waals surface area contributed by atoms with Gasteiger partial charge in [0.25, 0.3) is 0 Å². The van der Waals surface area contributed by atoms with Gasteiger partial charge >= 0.3 is 0 Å². The summed E-state index contributed by atoms with van der Waals surface area (Å²) in [5.41, 5.74) is 15.1. The number of aryl methyl sites for hydroxylation is 1. The van der Waals surface area contributed by atoms with Crippen LogP contribution in [0, 0.1) is 12.3 Å². The highest BCUT2D eigenvalue weighted by atomic mass is 32.1. The lowest BCUT2D eigenvalue weighted by Gasteiger charge is -2.43. The molecule has 3 unspecified atom stereocenters. The topological polar surface area (TPSA) is 214 Å². The number of aromatic hydroxyl groups is 1. The van der Waals surface area contributed by atoms with E-state index in [-0.39, 0.29) is 55.3 Å². The van der Waals surface area contributed by atoms with E-state index >= 15 is 0 Å². The van der Waals surface area contributed by atoms with E-state index in [2.05, 4.69) is 64.8 Å². The number of phenolic OH excluding ortho intramolecular Hbond substituents is 1. The number of unbranched alkanes of at least 4 members (excludes halogenated alkanes) is 4. The summed E-state index contributed by atoms with van der Waals surface area (Å²) in [4.78, 5) is 70.4. The van der Waals surface area contributed by atoms with Gasteiger partial charge in [-0.05, 0) is 85.0 Å². The summed E-state index contributed by atoms with van der Waals surface area (Å²) < 4.78 is 0. The first kappa shape index (κ1) is 54.2. The molecule has 0 spiro atoms. The molecule has 4 fully saturated rings. The predicted octanol–water partition coefficient (Wildman–Crippen LogP) is 6.90. The van der Waals surface area contributed by atoms with Gasteiger partial charge in [-0.25, -0.2) is 4.98 Å². The molecule has 5 aromatic rings. The summed E-state index contributed by atoms with van der Waals surface area (Å²) in [5.74, 6) is -0.178. The maximum Gasteiger partial charge on any atom is 0.246 e. The average molecular weight is 1050 g/mol. The maximum atomic E-state index is 14.1. The molecule has 4 saturated heterocycles. The number of likely N-dealkylation sites (tertiary alicyclic amines) is 1. The number of nitrogens with two attached hydrogens (primary N) is 1. The molecule has 2 aromatic heterocycles. The van der Waals surface area contributed by atoms with Gasteiger partial charge in [0.05, 0.1) is 33.6 Å². The Morgan fingerprint density at radius 3 is 2.24 bits per heavy atom. The van der Waals surface area contributed by atoms with Crippen molar-refractivity contribution in [1.82, 2.24) is 40.5 Å². The van der Waals surface area contributed by atoms with Gasteiger partial charge in [0.2, 0.25) is 23.6 Å². The Bertz CT molecular complexity index is 2820. The van der Waals surface area contributed by atoms with Crippen LogP contribution in [0.5, 0.6) is 5.75 Å². The molecular weight excluding hydrogens is 979 g/mol. The average Bonchev–Trinajstić information content (AvgIpc) is 4.11. The molecule has 4 aliphatic heterocycles. The lowest BCUT2D eigenvalue weighted by atomic mass is 9.85. The van der Waals surface area contributed by atoms with Crippen molar-refractivity contribution < 1.29 is 29.4 Å². The molecule has 76 heavy (non-hydrogen) atoms. The summed E-state index contributed by atoms with van der Waals surface area (Å²) >= 11 is 1.58. The number of rotatable bonds is 19. The van der Waals surface area contributed by atoms with Crippen LogP contribution in [0.4, 0.5) is 17.2 Å². The van der Waals surface area contributed by atoms with Gasteiger partial charge in [-0.2, -0.15) is 0 Å². The number of hydrogen-bond acceptors (Lipinski definition) is 14. The summed E-state index contributed by atoms with van der Waals surface area (Å²) in [5, 5.41) is 35.6. The molecule has 5 atom stereocenters. The van der Waals surface area contributed by atoms with E-state index in [9.17, 15) is 29.4 Å². The lowest BCUT2D eigenvalue weighted by Crippen LogP contribution is -2.57. The van der Waals surface area contributed by atoms with Crippen LogP contribution in [0.15, 0.2) is 84.4 Å². The molecule has 6 heterocycles. The number of amides is 4. The number of hydrogen-bond donors (Lipinski definition) is 5. The van der Waals surface area contributed by atoms with Crippen LogP contribution in [-0.2, 0) is 32.3 Å². The Hall–Kier alpha value is -6.63. The number of nitrogens with one attached hydrogen (secondary N) is 2. The number of carbonyl (C=O) groups is 4. The van der Waals surface area contributed by atoms with Crippen molar-refractivity contribution in [2.45, 2.75) is 135 Å². The van der Waals surface area contributed by atoms with E-state index in [1.807, 2.05) is 80.6 Å². The molecular formula is C58H75N11O6S.